The molecule has 0 amide bonds. The molecule has 3 rings (SSSR count). The molecule has 2 atom stereocenters. The molecule has 1 aromatic rings. The number of aromatic nitrogens is 3. The van der Waals surface area contributed by atoms with Crippen LogP contribution < -0.4 is 5.32 Å². The summed E-state index contributed by atoms with van der Waals surface area (Å²) in [5.74, 6) is 1.26. The van der Waals surface area contributed by atoms with Gasteiger partial charge in [-0.2, -0.15) is 0 Å². The second-order valence-electron chi connectivity index (χ2n) is 5.89. The summed E-state index contributed by atoms with van der Waals surface area (Å²) in [4.78, 5) is 0. The van der Waals surface area contributed by atoms with Crippen LogP contribution in [-0.4, -0.2) is 35.3 Å². The van der Waals surface area contributed by atoms with Gasteiger partial charge in [0.25, 0.3) is 0 Å². The van der Waals surface area contributed by atoms with Crippen molar-refractivity contribution in [2.45, 2.75) is 51.1 Å². The summed E-state index contributed by atoms with van der Waals surface area (Å²) in [6, 6.07) is 0.474. The molecule has 0 radical (unpaired) electrons. The molecule has 5 nitrogen and oxygen atoms in total. The highest BCUT2D eigenvalue weighted by Crippen LogP contribution is 2.38. The van der Waals surface area contributed by atoms with Gasteiger partial charge in [-0.1, -0.05) is 11.6 Å². The summed E-state index contributed by atoms with van der Waals surface area (Å²) < 4.78 is 7.75. The first-order chi connectivity index (χ1) is 9.31. The van der Waals surface area contributed by atoms with Gasteiger partial charge in [-0.25, -0.2) is 4.68 Å². The lowest BCUT2D eigenvalue weighted by atomic mass is 9.80. The fourth-order valence-electron chi connectivity index (χ4n) is 3.22. The van der Waals surface area contributed by atoms with Crippen LogP contribution in [0.25, 0.3) is 0 Å². The first-order valence-corrected chi connectivity index (χ1v) is 7.47. The van der Waals surface area contributed by atoms with Crippen molar-refractivity contribution in [3.05, 3.63) is 11.4 Å². The van der Waals surface area contributed by atoms with Gasteiger partial charge in [0.2, 0.25) is 0 Å². The van der Waals surface area contributed by atoms with Gasteiger partial charge in [0.15, 0.2) is 0 Å². The van der Waals surface area contributed by atoms with Crippen LogP contribution in [0.5, 0.6) is 0 Å². The van der Waals surface area contributed by atoms with Crippen molar-refractivity contribution in [2.75, 3.05) is 20.3 Å². The summed E-state index contributed by atoms with van der Waals surface area (Å²) in [6.07, 6.45) is 5.14. The van der Waals surface area contributed by atoms with E-state index in [1.54, 1.807) is 0 Å². The lowest BCUT2D eigenvalue weighted by Gasteiger charge is -2.32. The minimum atomic E-state index is 0.473. The molecule has 2 unspecified atom stereocenters. The predicted octanol–water partition coefficient (Wildman–Crippen LogP) is 1.86. The Morgan fingerprint density at radius 3 is 2.84 bits per heavy atom. The molecule has 1 aliphatic heterocycles. The summed E-state index contributed by atoms with van der Waals surface area (Å²) in [5, 5.41) is 12.1. The molecule has 19 heavy (non-hydrogen) atoms. The zero-order chi connectivity index (χ0) is 13.2. The van der Waals surface area contributed by atoms with Crippen LogP contribution in [0.15, 0.2) is 0 Å². The normalized spacial score (nSPS) is 25.5. The van der Waals surface area contributed by atoms with Crippen LogP contribution in [0, 0.1) is 5.92 Å². The van der Waals surface area contributed by atoms with Crippen LogP contribution in [0.1, 0.15) is 56.0 Å². The number of ether oxygens (including phenoxy) is 1. The minimum absolute atomic E-state index is 0.473. The lowest BCUT2D eigenvalue weighted by Crippen LogP contribution is -2.26. The molecule has 5 heteroatoms. The van der Waals surface area contributed by atoms with Gasteiger partial charge in [-0.3, -0.25) is 0 Å². The van der Waals surface area contributed by atoms with Crippen LogP contribution >= 0.6 is 0 Å². The van der Waals surface area contributed by atoms with E-state index >= 15 is 0 Å². The fourth-order valence-corrected chi connectivity index (χ4v) is 3.22. The Kier molecular flexibility index (Phi) is 3.84. The molecule has 1 saturated heterocycles. The number of nitrogens with one attached hydrogen (secondary N) is 1. The zero-order valence-electron chi connectivity index (χ0n) is 11.9. The third-order valence-corrected chi connectivity index (χ3v) is 4.68. The molecular formula is C14H24N4O. The van der Waals surface area contributed by atoms with Gasteiger partial charge in [0, 0.05) is 19.1 Å². The van der Waals surface area contributed by atoms with E-state index in [1.807, 2.05) is 7.05 Å². The maximum atomic E-state index is 5.56. The van der Waals surface area contributed by atoms with Crippen molar-refractivity contribution in [1.29, 1.82) is 0 Å². The molecule has 2 fully saturated rings. The SMILES string of the molecule is CNCc1nnn(C(C)C2CCC2)c1C1CCOC1. The summed E-state index contributed by atoms with van der Waals surface area (Å²) in [5.41, 5.74) is 2.41. The van der Waals surface area contributed by atoms with Crippen molar-refractivity contribution in [3.63, 3.8) is 0 Å². The molecule has 1 aliphatic carbocycles. The Labute approximate surface area is 114 Å². The smallest absolute Gasteiger partial charge is 0.100 e. The highest BCUT2D eigenvalue weighted by atomic mass is 16.5. The van der Waals surface area contributed by atoms with Crippen molar-refractivity contribution in [2.24, 2.45) is 5.92 Å². The Morgan fingerprint density at radius 2 is 2.26 bits per heavy atom. The fraction of sp³-hybridized carbons (Fsp3) is 0.857. The molecule has 1 saturated carbocycles. The first kappa shape index (κ1) is 13.1. The van der Waals surface area contributed by atoms with Gasteiger partial charge in [-0.15, -0.1) is 5.10 Å². The highest BCUT2D eigenvalue weighted by molar-refractivity contribution is 5.18. The van der Waals surface area contributed by atoms with E-state index in [2.05, 4.69) is 27.2 Å². The van der Waals surface area contributed by atoms with Gasteiger partial charge in [-0.05, 0) is 39.2 Å². The van der Waals surface area contributed by atoms with E-state index in [-0.39, 0.29) is 0 Å². The quantitative estimate of drug-likeness (QED) is 0.882. The summed E-state index contributed by atoms with van der Waals surface area (Å²) in [7, 11) is 1.96. The third kappa shape index (κ3) is 2.41. The van der Waals surface area contributed by atoms with E-state index in [9.17, 15) is 0 Å². The number of nitrogens with zero attached hydrogens (tertiary/aromatic N) is 3. The molecule has 1 aromatic heterocycles. The average molecular weight is 264 g/mol. The number of hydrogen-bond donors (Lipinski definition) is 1. The van der Waals surface area contributed by atoms with Crippen molar-refractivity contribution in [1.82, 2.24) is 20.3 Å². The Morgan fingerprint density at radius 1 is 1.42 bits per heavy atom. The monoisotopic (exact) mass is 264 g/mol. The molecule has 1 N–H and O–H groups in total. The topological polar surface area (TPSA) is 52.0 Å². The van der Waals surface area contributed by atoms with Gasteiger partial charge in [0.1, 0.15) is 5.69 Å². The lowest BCUT2D eigenvalue weighted by molar-refractivity contribution is 0.186. The number of rotatable bonds is 5. The van der Waals surface area contributed by atoms with E-state index < -0.39 is 0 Å². The average Bonchev–Trinajstić information content (AvgIpc) is 2.94. The predicted molar refractivity (Wildman–Crippen MR) is 73.0 cm³/mol. The first-order valence-electron chi connectivity index (χ1n) is 7.47. The molecule has 2 aliphatic rings. The Balaban J connectivity index is 1.88. The standard InChI is InChI=1S/C14H24N4O/c1-10(11-4-3-5-11)18-14(12-6-7-19-9-12)13(8-15-2)16-17-18/h10-12,15H,3-9H2,1-2H3. The summed E-state index contributed by atoms with van der Waals surface area (Å²) in [6.45, 7) is 4.78. The summed E-state index contributed by atoms with van der Waals surface area (Å²) >= 11 is 0. The third-order valence-electron chi connectivity index (χ3n) is 4.68. The maximum Gasteiger partial charge on any atom is 0.100 e. The van der Waals surface area contributed by atoms with Gasteiger partial charge >= 0.3 is 0 Å². The van der Waals surface area contributed by atoms with Crippen molar-refractivity contribution in [3.8, 4) is 0 Å². The van der Waals surface area contributed by atoms with E-state index in [0.29, 0.717) is 12.0 Å². The van der Waals surface area contributed by atoms with E-state index in [0.717, 1.165) is 37.8 Å². The molecule has 0 aromatic carbocycles. The Hall–Kier alpha value is -0.940. The second kappa shape index (κ2) is 5.59. The van der Waals surface area contributed by atoms with E-state index in [1.165, 1.54) is 25.0 Å². The van der Waals surface area contributed by atoms with Crippen LogP contribution in [-0.2, 0) is 11.3 Å². The highest BCUT2D eigenvalue weighted by Gasteiger charge is 2.32. The van der Waals surface area contributed by atoms with Crippen LogP contribution in [0.4, 0.5) is 0 Å². The van der Waals surface area contributed by atoms with Crippen molar-refractivity contribution < 1.29 is 4.74 Å². The maximum absolute atomic E-state index is 5.56. The van der Waals surface area contributed by atoms with Crippen molar-refractivity contribution >= 4 is 0 Å². The largest absolute Gasteiger partial charge is 0.381 e. The zero-order valence-corrected chi connectivity index (χ0v) is 11.9. The molecule has 2 heterocycles. The van der Waals surface area contributed by atoms with Crippen LogP contribution in [0.3, 0.4) is 0 Å². The van der Waals surface area contributed by atoms with Gasteiger partial charge in [0.05, 0.1) is 18.3 Å². The van der Waals surface area contributed by atoms with Gasteiger partial charge < -0.3 is 10.1 Å². The van der Waals surface area contributed by atoms with E-state index in [4.69, 9.17) is 4.74 Å². The molecule has 0 spiro atoms. The molecular weight excluding hydrogens is 240 g/mol. The van der Waals surface area contributed by atoms with Crippen LogP contribution in [0.2, 0.25) is 0 Å². The Bertz CT molecular complexity index is 421. The second-order valence-corrected chi connectivity index (χ2v) is 5.89. The molecule has 0 bridgehead atoms. The number of hydrogen-bond acceptors (Lipinski definition) is 4. The minimum Gasteiger partial charge on any atom is -0.381 e. The molecule has 106 valence electrons.